The molecule has 0 bridgehead atoms. The van der Waals surface area contributed by atoms with Gasteiger partial charge < -0.3 is 10.2 Å². The predicted octanol–water partition coefficient (Wildman–Crippen LogP) is 3.52. The number of hydrogen-bond acceptors (Lipinski definition) is 4. The zero-order valence-electron chi connectivity index (χ0n) is 13.0. The van der Waals surface area contributed by atoms with Gasteiger partial charge in [0.2, 0.25) is 0 Å². The lowest BCUT2D eigenvalue weighted by Crippen LogP contribution is -2.05. The second-order valence-electron chi connectivity index (χ2n) is 5.97. The summed E-state index contributed by atoms with van der Waals surface area (Å²) in [5.41, 5.74) is 2.65. The zero-order valence-corrected chi connectivity index (χ0v) is 13.0. The SMILES string of the molecule is CC(C)c1cc(C(=O)Cc2ccc3[nH]ncc3c2)c(O)cc1O. The molecule has 0 aliphatic heterocycles. The van der Waals surface area contributed by atoms with Gasteiger partial charge in [0.05, 0.1) is 17.3 Å². The number of Topliss-reactive ketones (excluding diaryl/α,β-unsaturated/α-hetero) is 1. The minimum Gasteiger partial charge on any atom is -0.508 e. The number of carbonyl (C=O) groups excluding carboxylic acids is 1. The van der Waals surface area contributed by atoms with Crippen LogP contribution in [0.25, 0.3) is 10.9 Å². The number of benzene rings is 2. The van der Waals surface area contributed by atoms with E-state index in [9.17, 15) is 15.0 Å². The molecule has 0 unspecified atom stereocenters. The lowest BCUT2D eigenvalue weighted by atomic mass is 9.95. The number of ketones is 1. The number of aromatic hydroxyl groups is 2. The van der Waals surface area contributed by atoms with Crippen molar-refractivity contribution in [1.82, 2.24) is 10.2 Å². The van der Waals surface area contributed by atoms with E-state index >= 15 is 0 Å². The predicted molar refractivity (Wildman–Crippen MR) is 88.0 cm³/mol. The molecule has 0 aliphatic rings. The molecule has 0 amide bonds. The third-order valence-electron chi connectivity index (χ3n) is 3.94. The molecule has 0 saturated carbocycles. The van der Waals surface area contributed by atoms with Crippen molar-refractivity contribution in [2.45, 2.75) is 26.2 Å². The minimum atomic E-state index is -0.193. The van der Waals surface area contributed by atoms with Gasteiger partial charge in [-0.15, -0.1) is 0 Å². The molecule has 1 heterocycles. The highest BCUT2D eigenvalue weighted by Crippen LogP contribution is 2.32. The van der Waals surface area contributed by atoms with Gasteiger partial charge in [-0.3, -0.25) is 9.89 Å². The maximum absolute atomic E-state index is 12.5. The Hall–Kier alpha value is -2.82. The topological polar surface area (TPSA) is 86.2 Å². The van der Waals surface area contributed by atoms with Crippen LogP contribution in [0.1, 0.15) is 41.3 Å². The number of H-pyrrole nitrogens is 1. The average Bonchev–Trinajstić information content (AvgIpc) is 2.94. The van der Waals surface area contributed by atoms with Crippen molar-refractivity contribution in [1.29, 1.82) is 0 Å². The van der Waals surface area contributed by atoms with E-state index in [0.29, 0.717) is 5.56 Å². The fourth-order valence-corrected chi connectivity index (χ4v) is 2.66. The van der Waals surface area contributed by atoms with E-state index in [1.54, 1.807) is 12.3 Å². The van der Waals surface area contributed by atoms with Gasteiger partial charge >= 0.3 is 0 Å². The third-order valence-corrected chi connectivity index (χ3v) is 3.94. The maximum atomic E-state index is 12.5. The van der Waals surface area contributed by atoms with Crippen molar-refractivity contribution in [3.05, 3.63) is 53.2 Å². The molecule has 0 saturated heterocycles. The number of rotatable bonds is 4. The summed E-state index contributed by atoms with van der Waals surface area (Å²) in [5, 5.41) is 27.6. The number of carbonyl (C=O) groups is 1. The lowest BCUT2D eigenvalue weighted by Gasteiger charge is -2.12. The Morgan fingerprint density at radius 3 is 2.70 bits per heavy atom. The van der Waals surface area contributed by atoms with Gasteiger partial charge in [-0.25, -0.2) is 0 Å². The van der Waals surface area contributed by atoms with Gasteiger partial charge in [-0.1, -0.05) is 19.9 Å². The molecule has 5 nitrogen and oxygen atoms in total. The van der Waals surface area contributed by atoms with E-state index in [1.807, 2.05) is 32.0 Å². The van der Waals surface area contributed by atoms with Gasteiger partial charge in [-0.2, -0.15) is 5.10 Å². The largest absolute Gasteiger partial charge is 0.508 e. The Kier molecular flexibility index (Phi) is 3.78. The number of nitrogens with zero attached hydrogens (tertiary/aromatic N) is 1. The van der Waals surface area contributed by atoms with E-state index < -0.39 is 0 Å². The molecule has 3 aromatic rings. The Morgan fingerprint density at radius 1 is 1.17 bits per heavy atom. The molecule has 0 radical (unpaired) electrons. The molecule has 1 aromatic heterocycles. The fraction of sp³-hybridized carbons (Fsp3) is 0.222. The van der Waals surface area contributed by atoms with E-state index in [4.69, 9.17) is 0 Å². The highest BCUT2D eigenvalue weighted by Gasteiger charge is 2.17. The summed E-state index contributed by atoms with van der Waals surface area (Å²) in [7, 11) is 0. The van der Waals surface area contributed by atoms with Crippen LogP contribution in [0.4, 0.5) is 0 Å². The van der Waals surface area contributed by atoms with Gasteiger partial charge in [0.15, 0.2) is 5.78 Å². The first kappa shape index (κ1) is 15.1. The van der Waals surface area contributed by atoms with Crippen LogP contribution in [0.5, 0.6) is 11.5 Å². The molecule has 0 fully saturated rings. The number of hydrogen-bond donors (Lipinski definition) is 3. The first-order valence-electron chi connectivity index (χ1n) is 7.47. The third kappa shape index (κ3) is 2.90. The first-order valence-corrected chi connectivity index (χ1v) is 7.47. The number of phenols is 2. The molecule has 0 atom stereocenters. The monoisotopic (exact) mass is 310 g/mol. The van der Waals surface area contributed by atoms with Crippen LogP contribution >= 0.6 is 0 Å². The summed E-state index contributed by atoms with van der Waals surface area (Å²) >= 11 is 0. The molecule has 23 heavy (non-hydrogen) atoms. The van der Waals surface area contributed by atoms with Crippen molar-refractivity contribution in [2.75, 3.05) is 0 Å². The van der Waals surface area contributed by atoms with Crippen LogP contribution in [-0.2, 0) is 6.42 Å². The van der Waals surface area contributed by atoms with Gasteiger partial charge in [0, 0.05) is 17.9 Å². The van der Waals surface area contributed by atoms with Crippen LogP contribution in [0.2, 0.25) is 0 Å². The van der Waals surface area contributed by atoms with E-state index in [0.717, 1.165) is 16.5 Å². The molecular weight excluding hydrogens is 292 g/mol. The second-order valence-corrected chi connectivity index (χ2v) is 5.97. The number of fused-ring (bicyclic) bond motifs is 1. The zero-order chi connectivity index (χ0) is 16.6. The Morgan fingerprint density at radius 2 is 1.96 bits per heavy atom. The van der Waals surface area contributed by atoms with Crippen molar-refractivity contribution in [3.8, 4) is 11.5 Å². The molecule has 5 heteroatoms. The molecule has 3 rings (SSSR count). The van der Waals surface area contributed by atoms with Crippen LogP contribution in [-0.4, -0.2) is 26.2 Å². The Labute approximate surface area is 133 Å². The quantitative estimate of drug-likeness (QED) is 0.643. The highest BCUT2D eigenvalue weighted by molar-refractivity contribution is 6.00. The van der Waals surface area contributed by atoms with Crippen LogP contribution in [0, 0.1) is 0 Å². The van der Waals surface area contributed by atoms with Crippen molar-refractivity contribution >= 4 is 16.7 Å². The smallest absolute Gasteiger partial charge is 0.170 e. The van der Waals surface area contributed by atoms with Crippen molar-refractivity contribution < 1.29 is 15.0 Å². The Bertz CT molecular complexity index is 881. The van der Waals surface area contributed by atoms with Crippen LogP contribution in [0.15, 0.2) is 36.5 Å². The number of phenolic OH excluding ortho intramolecular Hbond substituents is 2. The van der Waals surface area contributed by atoms with Crippen molar-refractivity contribution in [3.63, 3.8) is 0 Å². The van der Waals surface area contributed by atoms with Gasteiger partial charge in [0.1, 0.15) is 11.5 Å². The molecule has 3 N–H and O–H groups in total. The normalized spacial score (nSPS) is 11.3. The summed E-state index contributed by atoms with van der Waals surface area (Å²) in [6.07, 6.45) is 1.88. The average molecular weight is 310 g/mol. The number of aromatic nitrogens is 2. The van der Waals surface area contributed by atoms with E-state index in [1.165, 1.54) is 6.07 Å². The van der Waals surface area contributed by atoms with Crippen LogP contribution in [0.3, 0.4) is 0 Å². The first-order chi connectivity index (χ1) is 11.0. The number of aromatic amines is 1. The maximum Gasteiger partial charge on any atom is 0.170 e. The lowest BCUT2D eigenvalue weighted by molar-refractivity contribution is 0.0990. The summed E-state index contributed by atoms with van der Waals surface area (Å²) in [4.78, 5) is 12.5. The van der Waals surface area contributed by atoms with Gasteiger partial charge in [0.25, 0.3) is 0 Å². The fourth-order valence-electron chi connectivity index (χ4n) is 2.66. The Balaban J connectivity index is 1.92. The van der Waals surface area contributed by atoms with E-state index in [2.05, 4.69) is 10.2 Å². The summed E-state index contributed by atoms with van der Waals surface area (Å²) in [5.74, 6) is -0.313. The molecule has 0 spiro atoms. The van der Waals surface area contributed by atoms with E-state index in [-0.39, 0.29) is 35.2 Å². The summed E-state index contributed by atoms with van der Waals surface area (Å²) in [6, 6.07) is 8.45. The number of nitrogens with one attached hydrogen (secondary N) is 1. The van der Waals surface area contributed by atoms with Gasteiger partial charge in [-0.05, 0) is 35.2 Å². The standard InChI is InChI=1S/C18H18N2O3/c1-10(2)13-7-14(18(23)8-17(13)22)16(21)6-11-3-4-15-12(5-11)9-19-20-15/h3-5,7-10,22-23H,6H2,1-2H3,(H,19,20). The molecule has 2 aromatic carbocycles. The van der Waals surface area contributed by atoms with Crippen molar-refractivity contribution in [2.24, 2.45) is 0 Å². The summed E-state index contributed by atoms with van der Waals surface area (Å²) < 4.78 is 0. The minimum absolute atomic E-state index is 0.00821. The molecular formula is C18H18N2O3. The molecule has 118 valence electrons. The summed E-state index contributed by atoms with van der Waals surface area (Å²) in [6.45, 7) is 3.85. The molecule has 0 aliphatic carbocycles. The highest BCUT2D eigenvalue weighted by atomic mass is 16.3. The van der Waals surface area contributed by atoms with Crippen LogP contribution < -0.4 is 0 Å². The second kappa shape index (κ2) is 5.76.